The Kier molecular flexibility index (Phi) is 6.01. The minimum atomic E-state index is -4.71. The lowest BCUT2D eigenvalue weighted by atomic mass is 10.0. The summed E-state index contributed by atoms with van der Waals surface area (Å²) in [5.74, 6) is -1.59. The Hall–Kier alpha value is -1.56. The van der Waals surface area contributed by atoms with Crippen LogP contribution in [0.1, 0.15) is 47.7 Å². The predicted molar refractivity (Wildman–Crippen MR) is 67.6 cm³/mol. The Morgan fingerprint density at radius 2 is 2.00 bits per heavy atom. The van der Waals surface area contributed by atoms with Gasteiger partial charge in [0.05, 0.1) is 17.7 Å². The maximum Gasteiger partial charge on any atom is 0.417 e. The molecule has 1 aromatic carbocycles. The van der Waals surface area contributed by atoms with Gasteiger partial charge in [0.1, 0.15) is 0 Å². The van der Waals surface area contributed by atoms with Gasteiger partial charge in [-0.2, -0.15) is 13.2 Å². The van der Waals surface area contributed by atoms with Gasteiger partial charge >= 0.3 is 12.1 Å². The molecule has 112 valence electrons. The molecule has 0 atom stereocenters. The second-order valence-electron chi connectivity index (χ2n) is 4.40. The fraction of sp³-hybridized carbons (Fsp3) is 0.500. The van der Waals surface area contributed by atoms with Gasteiger partial charge in [0.25, 0.3) is 0 Å². The number of alkyl halides is 3. The van der Waals surface area contributed by atoms with E-state index in [1.165, 1.54) is 12.1 Å². The van der Waals surface area contributed by atoms with Crippen molar-refractivity contribution in [3.8, 4) is 0 Å². The van der Waals surface area contributed by atoms with E-state index in [2.05, 4.69) is 0 Å². The van der Waals surface area contributed by atoms with Crippen molar-refractivity contribution in [2.24, 2.45) is 0 Å². The van der Waals surface area contributed by atoms with Crippen molar-refractivity contribution >= 4 is 5.97 Å². The van der Waals surface area contributed by atoms with Crippen LogP contribution in [0.25, 0.3) is 0 Å². The van der Waals surface area contributed by atoms with Gasteiger partial charge < -0.3 is 9.84 Å². The zero-order chi connectivity index (χ0) is 15.2. The van der Waals surface area contributed by atoms with Crippen LogP contribution in [0.4, 0.5) is 13.2 Å². The molecule has 0 radical (unpaired) electrons. The summed E-state index contributed by atoms with van der Waals surface area (Å²) in [6, 6.07) is 3.49. The average molecular weight is 290 g/mol. The standard InChI is InChI=1S/C14H17F3O3/c1-2-3-4-8-20-9-10-6-5-7-11(13(18)19)12(10)14(15,16)17/h5-7H,2-4,8-9H2,1H3,(H,18,19). The molecule has 0 fully saturated rings. The van der Waals surface area contributed by atoms with Crippen LogP contribution in [0.2, 0.25) is 0 Å². The number of ether oxygens (including phenoxy) is 1. The molecule has 6 heteroatoms. The van der Waals surface area contributed by atoms with Crippen molar-refractivity contribution in [2.75, 3.05) is 6.61 Å². The van der Waals surface area contributed by atoms with Crippen molar-refractivity contribution in [3.05, 3.63) is 34.9 Å². The molecule has 0 aliphatic carbocycles. The van der Waals surface area contributed by atoms with Crippen molar-refractivity contribution < 1.29 is 27.8 Å². The van der Waals surface area contributed by atoms with E-state index >= 15 is 0 Å². The highest BCUT2D eigenvalue weighted by atomic mass is 19.4. The summed E-state index contributed by atoms with van der Waals surface area (Å²) in [6.07, 6.45) is -2.00. The number of aromatic carboxylic acids is 1. The van der Waals surface area contributed by atoms with Crippen LogP contribution in [0.5, 0.6) is 0 Å². The highest BCUT2D eigenvalue weighted by Crippen LogP contribution is 2.35. The SMILES string of the molecule is CCCCCOCc1cccc(C(=O)O)c1C(F)(F)F. The molecule has 0 aromatic heterocycles. The van der Waals surface area contributed by atoms with E-state index in [-0.39, 0.29) is 12.2 Å². The number of unbranched alkanes of at least 4 members (excludes halogenated alkanes) is 2. The highest BCUT2D eigenvalue weighted by Gasteiger charge is 2.37. The Labute approximate surface area is 115 Å². The zero-order valence-electron chi connectivity index (χ0n) is 11.2. The van der Waals surface area contributed by atoms with Crippen LogP contribution in [-0.4, -0.2) is 17.7 Å². The van der Waals surface area contributed by atoms with Gasteiger partial charge in [-0.1, -0.05) is 31.9 Å². The molecule has 1 aromatic rings. The lowest BCUT2D eigenvalue weighted by Crippen LogP contribution is -2.16. The molecule has 1 N–H and O–H groups in total. The summed E-state index contributed by atoms with van der Waals surface area (Å²) in [5.41, 5.74) is -2.01. The molecule has 0 bridgehead atoms. The number of hydrogen-bond acceptors (Lipinski definition) is 2. The van der Waals surface area contributed by atoms with Crippen LogP contribution in [0.3, 0.4) is 0 Å². The summed E-state index contributed by atoms with van der Waals surface area (Å²) in [6.45, 7) is 2.14. The minimum absolute atomic E-state index is 0.145. The van der Waals surface area contributed by atoms with Crippen molar-refractivity contribution in [1.82, 2.24) is 0 Å². The number of carboxylic acid groups (broad SMARTS) is 1. The van der Waals surface area contributed by atoms with Gasteiger partial charge in [-0.3, -0.25) is 0 Å². The van der Waals surface area contributed by atoms with Crippen LogP contribution < -0.4 is 0 Å². The van der Waals surface area contributed by atoms with Crippen molar-refractivity contribution in [1.29, 1.82) is 0 Å². The number of carboxylic acids is 1. The number of carbonyl (C=O) groups is 1. The van der Waals surface area contributed by atoms with Gasteiger partial charge in [-0.15, -0.1) is 0 Å². The first-order valence-electron chi connectivity index (χ1n) is 6.38. The Bertz CT molecular complexity index is 455. The molecule has 0 saturated heterocycles. The van der Waals surface area contributed by atoms with E-state index in [1.54, 1.807) is 0 Å². The van der Waals surface area contributed by atoms with Crippen molar-refractivity contribution in [2.45, 2.75) is 39.0 Å². The van der Waals surface area contributed by atoms with E-state index in [4.69, 9.17) is 9.84 Å². The molecule has 1 rings (SSSR count). The minimum Gasteiger partial charge on any atom is -0.478 e. The van der Waals surface area contributed by atoms with Gasteiger partial charge in [-0.25, -0.2) is 4.79 Å². The zero-order valence-corrected chi connectivity index (χ0v) is 11.2. The Morgan fingerprint density at radius 3 is 2.55 bits per heavy atom. The highest BCUT2D eigenvalue weighted by molar-refractivity contribution is 5.90. The molecule has 0 aliphatic heterocycles. The van der Waals surface area contributed by atoms with E-state index in [1.807, 2.05) is 6.92 Å². The first-order chi connectivity index (χ1) is 9.38. The maximum absolute atomic E-state index is 13.0. The van der Waals surface area contributed by atoms with Gasteiger partial charge in [-0.05, 0) is 18.1 Å². The second kappa shape index (κ2) is 7.28. The maximum atomic E-state index is 13.0. The van der Waals surface area contributed by atoms with Crippen LogP contribution in [0, 0.1) is 0 Å². The smallest absolute Gasteiger partial charge is 0.417 e. The largest absolute Gasteiger partial charge is 0.478 e. The number of rotatable bonds is 7. The predicted octanol–water partition coefficient (Wildman–Crippen LogP) is 4.11. The molecule has 0 heterocycles. The summed E-state index contributed by atoms with van der Waals surface area (Å²) < 4.78 is 44.1. The number of hydrogen-bond donors (Lipinski definition) is 1. The fourth-order valence-corrected chi connectivity index (χ4v) is 1.87. The average Bonchev–Trinajstić information content (AvgIpc) is 2.36. The van der Waals surface area contributed by atoms with E-state index in [9.17, 15) is 18.0 Å². The number of benzene rings is 1. The fourth-order valence-electron chi connectivity index (χ4n) is 1.87. The Balaban J connectivity index is 2.90. The van der Waals surface area contributed by atoms with Crippen molar-refractivity contribution in [3.63, 3.8) is 0 Å². The topological polar surface area (TPSA) is 46.5 Å². The summed E-state index contributed by atoms with van der Waals surface area (Å²) in [5, 5.41) is 8.85. The Morgan fingerprint density at radius 1 is 1.30 bits per heavy atom. The molecule has 0 unspecified atom stereocenters. The van der Waals surface area contributed by atoms with E-state index in [0.717, 1.165) is 25.3 Å². The quantitative estimate of drug-likeness (QED) is 0.769. The summed E-state index contributed by atoms with van der Waals surface area (Å²) >= 11 is 0. The second-order valence-corrected chi connectivity index (χ2v) is 4.40. The molecule has 0 saturated carbocycles. The van der Waals surface area contributed by atoms with Gasteiger partial charge in [0, 0.05) is 6.61 Å². The normalized spacial score (nSPS) is 11.6. The number of halogens is 3. The van der Waals surface area contributed by atoms with Crippen LogP contribution >= 0.6 is 0 Å². The van der Waals surface area contributed by atoms with Gasteiger partial charge in [0.2, 0.25) is 0 Å². The molecule has 3 nitrogen and oxygen atoms in total. The third-order valence-corrected chi connectivity index (χ3v) is 2.81. The van der Waals surface area contributed by atoms with E-state index < -0.39 is 23.3 Å². The van der Waals surface area contributed by atoms with Crippen LogP contribution in [-0.2, 0) is 17.5 Å². The summed E-state index contributed by atoms with van der Waals surface area (Å²) in [4.78, 5) is 10.9. The summed E-state index contributed by atoms with van der Waals surface area (Å²) in [7, 11) is 0. The monoisotopic (exact) mass is 290 g/mol. The molecule has 0 spiro atoms. The molecule has 0 amide bonds. The van der Waals surface area contributed by atoms with E-state index in [0.29, 0.717) is 6.61 Å². The first-order valence-corrected chi connectivity index (χ1v) is 6.38. The van der Waals surface area contributed by atoms with Crippen LogP contribution in [0.15, 0.2) is 18.2 Å². The third-order valence-electron chi connectivity index (χ3n) is 2.81. The lowest BCUT2D eigenvalue weighted by Gasteiger charge is -2.15. The third kappa shape index (κ3) is 4.52. The molecular weight excluding hydrogens is 273 g/mol. The molecule has 20 heavy (non-hydrogen) atoms. The molecule has 0 aliphatic rings. The van der Waals surface area contributed by atoms with Gasteiger partial charge in [0.15, 0.2) is 0 Å². The molecular formula is C14H17F3O3. The first kappa shape index (κ1) is 16.5. The lowest BCUT2D eigenvalue weighted by molar-refractivity contribution is -0.139.